The van der Waals surface area contributed by atoms with E-state index in [0.29, 0.717) is 16.1 Å². The van der Waals surface area contributed by atoms with Gasteiger partial charge in [-0.3, -0.25) is 14.4 Å². The molecule has 150 valence electrons. The first kappa shape index (κ1) is 21.1. The van der Waals surface area contributed by atoms with E-state index < -0.39 is 30.2 Å². The number of carbonyl (C=O) groups is 3. The highest BCUT2D eigenvalue weighted by molar-refractivity contribution is 9.10. The summed E-state index contributed by atoms with van der Waals surface area (Å²) in [5.74, 6) is -2.71. The van der Waals surface area contributed by atoms with E-state index in [0.717, 1.165) is 9.37 Å². The van der Waals surface area contributed by atoms with Crippen LogP contribution in [0.4, 0.5) is 0 Å². The number of carbonyl (C=O) groups excluding carboxylic acids is 3. The van der Waals surface area contributed by atoms with E-state index in [-0.39, 0.29) is 17.9 Å². The minimum absolute atomic E-state index is 0.0936. The summed E-state index contributed by atoms with van der Waals surface area (Å²) >= 11 is 9.24. The Kier molecular flexibility index (Phi) is 6.39. The molecule has 1 fully saturated rings. The summed E-state index contributed by atoms with van der Waals surface area (Å²) in [5, 5.41) is 11.3. The van der Waals surface area contributed by atoms with Crippen molar-refractivity contribution in [1.29, 1.82) is 0 Å². The molecule has 0 aliphatic carbocycles. The zero-order valence-corrected chi connectivity index (χ0v) is 17.7. The molecule has 1 aliphatic rings. The Hall–Kier alpha value is -2.64. The number of amides is 1. The van der Waals surface area contributed by atoms with E-state index in [9.17, 15) is 19.5 Å². The van der Waals surface area contributed by atoms with E-state index in [4.69, 9.17) is 16.3 Å². The minimum Gasteiger partial charge on any atom is -0.507 e. The molecule has 0 spiro atoms. The highest BCUT2D eigenvalue weighted by Crippen LogP contribution is 2.39. The molecule has 1 atom stereocenters. The lowest BCUT2D eigenvalue weighted by molar-refractivity contribution is -0.149. The number of likely N-dealkylation sites (tertiary alicyclic amines) is 1. The molecule has 1 N–H and O–H groups in total. The largest absolute Gasteiger partial charge is 0.507 e. The molecule has 3 rings (SSSR count). The summed E-state index contributed by atoms with van der Waals surface area (Å²) in [6.45, 7) is 1.39. The predicted octanol–water partition coefficient (Wildman–Crippen LogP) is 4.09. The van der Waals surface area contributed by atoms with Gasteiger partial charge in [0.15, 0.2) is 0 Å². The molecule has 0 radical (unpaired) electrons. The van der Waals surface area contributed by atoms with Gasteiger partial charge in [-0.25, -0.2) is 0 Å². The van der Waals surface area contributed by atoms with Crippen molar-refractivity contribution in [2.75, 3.05) is 13.2 Å². The molecule has 8 heteroatoms. The predicted molar refractivity (Wildman–Crippen MR) is 111 cm³/mol. The molecule has 1 aliphatic heterocycles. The SMILES string of the molecule is CCOC(=O)CN1C(=O)C(=O)C(=C(O)c2ccc(Cl)cc2)[C@@H]1c1ccc(Br)cc1. The van der Waals surface area contributed by atoms with Gasteiger partial charge in [0.05, 0.1) is 18.2 Å². The van der Waals surface area contributed by atoms with Crippen molar-refractivity contribution in [3.05, 3.63) is 74.7 Å². The van der Waals surface area contributed by atoms with Gasteiger partial charge in [-0.05, 0) is 48.9 Å². The summed E-state index contributed by atoms with van der Waals surface area (Å²) in [4.78, 5) is 38.6. The molecule has 1 heterocycles. The number of ketones is 1. The number of esters is 1. The number of hydrogen-bond donors (Lipinski definition) is 1. The molecule has 2 aromatic rings. The van der Waals surface area contributed by atoms with Gasteiger partial charge in [0, 0.05) is 15.1 Å². The van der Waals surface area contributed by atoms with Crippen LogP contribution in [0, 0.1) is 0 Å². The Morgan fingerprint density at radius 3 is 2.34 bits per heavy atom. The summed E-state index contributed by atoms with van der Waals surface area (Å²) in [7, 11) is 0. The van der Waals surface area contributed by atoms with Crippen molar-refractivity contribution in [2.24, 2.45) is 0 Å². The fraction of sp³-hybridized carbons (Fsp3) is 0.190. The summed E-state index contributed by atoms with van der Waals surface area (Å²) in [6.07, 6.45) is 0. The maximum atomic E-state index is 12.8. The lowest BCUT2D eigenvalue weighted by Gasteiger charge is -2.24. The quantitative estimate of drug-likeness (QED) is 0.303. The van der Waals surface area contributed by atoms with Crippen LogP contribution in [-0.2, 0) is 19.1 Å². The van der Waals surface area contributed by atoms with Gasteiger partial charge in [0.2, 0.25) is 0 Å². The number of halogens is 2. The molecule has 2 aromatic carbocycles. The van der Waals surface area contributed by atoms with Crippen molar-refractivity contribution in [2.45, 2.75) is 13.0 Å². The Labute approximate surface area is 180 Å². The van der Waals surface area contributed by atoms with E-state index >= 15 is 0 Å². The topological polar surface area (TPSA) is 83.9 Å². The Balaban J connectivity index is 2.14. The van der Waals surface area contributed by atoms with Gasteiger partial charge in [-0.15, -0.1) is 0 Å². The number of rotatable bonds is 5. The third-order valence-electron chi connectivity index (χ3n) is 4.45. The van der Waals surface area contributed by atoms with Gasteiger partial charge in [0.25, 0.3) is 11.7 Å². The van der Waals surface area contributed by atoms with E-state index in [1.54, 1.807) is 55.5 Å². The van der Waals surface area contributed by atoms with Crippen LogP contribution < -0.4 is 0 Å². The second-order valence-electron chi connectivity index (χ2n) is 6.29. The van der Waals surface area contributed by atoms with Gasteiger partial charge < -0.3 is 14.7 Å². The maximum Gasteiger partial charge on any atom is 0.325 e. The van der Waals surface area contributed by atoms with Gasteiger partial charge in [-0.2, -0.15) is 0 Å². The van der Waals surface area contributed by atoms with Crippen molar-refractivity contribution < 1.29 is 24.2 Å². The molecule has 1 amide bonds. The fourth-order valence-corrected chi connectivity index (χ4v) is 3.53. The number of aliphatic hydroxyl groups is 1. The second-order valence-corrected chi connectivity index (χ2v) is 7.64. The standard InChI is InChI=1S/C21H17BrClNO5/c1-2-29-16(25)11-24-18(12-3-7-14(22)8-4-12)17(20(27)21(24)28)19(26)13-5-9-15(23)10-6-13/h3-10,18,26H,2,11H2,1H3/t18-/m0/s1. The monoisotopic (exact) mass is 477 g/mol. The summed E-state index contributed by atoms with van der Waals surface area (Å²) in [5.41, 5.74) is 0.821. The maximum absolute atomic E-state index is 12.8. The second kappa shape index (κ2) is 8.80. The zero-order valence-electron chi connectivity index (χ0n) is 15.4. The first-order valence-electron chi connectivity index (χ1n) is 8.79. The van der Waals surface area contributed by atoms with Crippen LogP contribution in [0.3, 0.4) is 0 Å². The number of ether oxygens (including phenoxy) is 1. The normalized spacial score (nSPS) is 18.2. The third-order valence-corrected chi connectivity index (χ3v) is 5.23. The van der Waals surface area contributed by atoms with Crippen LogP contribution in [-0.4, -0.2) is 40.8 Å². The third kappa shape index (κ3) is 4.36. The first-order chi connectivity index (χ1) is 13.8. The lowest BCUT2D eigenvalue weighted by Crippen LogP contribution is -2.35. The molecule has 1 saturated heterocycles. The van der Waals surface area contributed by atoms with Gasteiger partial charge in [0.1, 0.15) is 12.3 Å². The van der Waals surface area contributed by atoms with Crippen molar-refractivity contribution in [1.82, 2.24) is 4.90 Å². The molecule has 0 unspecified atom stereocenters. The summed E-state index contributed by atoms with van der Waals surface area (Å²) in [6, 6.07) is 12.2. The Morgan fingerprint density at radius 1 is 1.14 bits per heavy atom. The molecular formula is C21H17BrClNO5. The molecule has 29 heavy (non-hydrogen) atoms. The van der Waals surface area contributed by atoms with Crippen LogP contribution in [0.5, 0.6) is 0 Å². The highest BCUT2D eigenvalue weighted by Gasteiger charge is 2.46. The molecule has 6 nitrogen and oxygen atoms in total. The molecule has 0 saturated carbocycles. The van der Waals surface area contributed by atoms with Crippen molar-refractivity contribution >= 4 is 50.9 Å². The van der Waals surface area contributed by atoms with Crippen LogP contribution >= 0.6 is 27.5 Å². The molecular weight excluding hydrogens is 462 g/mol. The van der Waals surface area contributed by atoms with Crippen molar-refractivity contribution in [3.63, 3.8) is 0 Å². The van der Waals surface area contributed by atoms with Gasteiger partial charge >= 0.3 is 5.97 Å². The highest BCUT2D eigenvalue weighted by atomic mass is 79.9. The Bertz CT molecular complexity index is 985. The van der Waals surface area contributed by atoms with Gasteiger partial charge in [-0.1, -0.05) is 39.7 Å². The number of aliphatic hydroxyl groups excluding tert-OH is 1. The number of nitrogens with zero attached hydrogens (tertiary/aromatic N) is 1. The van der Waals surface area contributed by atoms with Crippen LogP contribution in [0.2, 0.25) is 5.02 Å². The number of hydrogen-bond acceptors (Lipinski definition) is 5. The van der Waals surface area contributed by atoms with Crippen LogP contribution in [0.25, 0.3) is 5.76 Å². The first-order valence-corrected chi connectivity index (χ1v) is 9.96. The average molecular weight is 479 g/mol. The lowest BCUT2D eigenvalue weighted by atomic mass is 9.95. The van der Waals surface area contributed by atoms with Crippen LogP contribution in [0.15, 0.2) is 58.6 Å². The number of benzene rings is 2. The average Bonchev–Trinajstić information content (AvgIpc) is 2.94. The summed E-state index contributed by atoms with van der Waals surface area (Å²) < 4.78 is 5.75. The van der Waals surface area contributed by atoms with Crippen molar-refractivity contribution in [3.8, 4) is 0 Å². The van der Waals surface area contributed by atoms with E-state index in [1.165, 1.54) is 0 Å². The fourth-order valence-electron chi connectivity index (χ4n) is 3.14. The van der Waals surface area contributed by atoms with E-state index in [2.05, 4.69) is 15.9 Å². The number of Topliss-reactive ketones (excluding diaryl/α,β-unsaturated/α-hetero) is 1. The Morgan fingerprint density at radius 2 is 1.76 bits per heavy atom. The molecule has 0 aromatic heterocycles. The van der Waals surface area contributed by atoms with E-state index in [1.807, 2.05) is 0 Å². The zero-order chi connectivity index (χ0) is 21.1. The minimum atomic E-state index is -0.928. The molecule has 0 bridgehead atoms. The smallest absolute Gasteiger partial charge is 0.325 e. The van der Waals surface area contributed by atoms with Crippen LogP contribution in [0.1, 0.15) is 24.1 Å².